The van der Waals surface area contributed by atoms with Crippen molar-refractivity contribution in [1.29, 1.82) is 5.26 Å². The van der Waals surface area contributed by atoms with Crippen molar-refractivity contribution in [3.8, 4) is 6.07 Å². The summed E-state index contributed by atoms with van der Waals surface area (Å²) < 4.78 is 5.47. The predicted molar refractivity (Wildman–Crippen MR) is 94.0 cm³/mol. The van der Waals surface area contributed by atoms with E-state index in [-0.39, 0.29) is 6.04 Å². The van der Waals surface area contributed by atoms with Gasteiger partial charge in [-0.1, -0.05) is 23.7 Å². The van der Waals surface area contributed by atoms with Gasteiger partial charge in [0.1, 0.15) is 11.9 Å². The predicted octanol–water partition coefficient (Wildman–Crippen LogP) is 3.09. The van der Waals surface area contributed by atoms with Crippen LogP contribution in [0.25, 0.3) is 0 Å². The molecule has 2 heterocycles. The van der Waals surface area contributed by atoms with Gasteiger partial charge in [-0.3, -0.25) is 4.90 Å². The number of pyridine rings is 1. The summed E-state index contributed by atoms with van der Waals surface area (Å²) in [5.74, 6) is 0.618. The molecule has 1 atom stereocenters. The van der Waals surface area contributed by atoms with Gasteiger partial charge < -0.3 is 10.1 Å². The van der Waals surface area contributed by atoms with Crippen LogP contribution < -0.4 is 5.32 Å². The van der Waals surface area contributed by atoms with E-state index >= 15 is 0 Å². The molecule has 1 N–H and O–H groups in total. The van der Waals surface area contributed by atoms with Gasteiger partial charge in [0.15, 0.2) is 0 Å². The summed E-state index contributed by atoms with van der Waals surface area (Å²) in [6.45, 7) is 3.88. The maximum Gasteiger partial charge on any atom is 0.143 e. The fraction of sp³-hybridized carbons (Fsp3) is 0.333. The Labute approximate surface area is 146 Å². The van der Waals surface area contributed by atoms with E-state index < -0.39 is 0 Å². The first-order chi connectivity index (χ1) is 11.8. The summed E-state index contributed by atoms with van der Waals surface area (Å²) in [5, 5.41) is 13.3. The number of hydrogen-bond donors (Lipinski definition) is 1. The Balaban J connectivity index is 1.79. The van der Waals surface area contributed by atoms with Gasteiger partial charge in [-0.25, -0.2) is 4.98 Å². The number of nitriles is 1. The Morgan fingerprint density at radius 2 is 2.00 bits per heavy atom. The van der Waals surface area contributed by atoms with Crippen LogP contribution in [0.15, 0.2) is 42.6 Å². The van der Waals surface area contributed by atoms with Crippen LogP contribution in [0, 0.1) is 11.3 Å². The maximum atomic E-state index is 9.21. The molecule has 0 amide bonds. The Hall–Kier alpha value is -2.13. The van der Waals surface area contributed by atoms with E-state index in [2.05, 4.69) is 21.3 Å². The van der Waals surface area contributed by atoms with Crippen molar-refractivity contribution in [2.45, 2.75) is 6.04 Å². The fourth-order valence-corrected chi connectivity index (χ4v) is 2.99. The normalized spacial score (nSPS) is 16.3. The number of morpholine rings is 1. The van der Waals surface area contributed by atoms with Gasteiger partial charge in [0.2, 0.25) is 0 Å². The zero-order valence-electron chi connectivity index (χ0n) is 13.3. The van der Waals surface area contributed by atoms with Gasteiger partial charge in [0.25, 0.3) is 0 Å². The zero-order chi connectivity index (χ0) is 16.8. The first-order valence-corrected chi connectivity index (χ1v) is 8.32. The molecule has 124 valence electrons. The Bertz CT molecular complexity index is 708. The molecule has 1 fully saturated rings. The summed E-state index contributed by atoms with van der Waals surface area (Å²) in [6, 6.07) is 13.8. The minimum Gasteiger partial charge on any atom is -0.379 e. The molecule has 1 unspecified atom stereocenters. The number of ether oxygens (including phenoxy) is 1. The maximum absolute atomic E-state index is 9.21. The lowest BCUT2D eigenvalue weighted by atomic mass is 10.0. The molecule has 1 aliphatic heterocycles. The molecule has 0 radical (unpaired) electrons. The van der Waals surface area contributed by atoms with Gasteiger partial charge in [-0.05, 0) is 29.8 Å². The molecule has 3 rings (SSSR count). The minimum absolute atomic E-state index is 0.166. The molecule has 1 aromatic heterocycles. The van der Waals surface area contributed by atoms with E-state index in [1.165, 1.54) is 5.56 Å². The van der Waals surface area contributed by atoms with Crippen molar-refractivity contribution in [3.63, 3.8) is 0 Å². The molecule has 1 aromatic carbocycles. The van der Waals surface area contributed by atoms with Gasteiger partial charge in [-0.15, -0.1) is 0 Å². The van der Waals surface area contributed by atoms with Crippen molar-refractivity contribution >= 4 is 17.4 Å². The van der Waals surface area contributed by atoms with Gasteiger partial charge in [0.05, 0.1) is 24.8 Å². The fourth-order valence-electron chi connectivity index (χ4n) is 2.86. The first-order valence-electron chi connectivity index (χ1n) is 7.94. The molecule has 0 saturated carbocycles. The molecule has 2 aromatic rings. The first kappa shape index (κ1) is 16.7. The standard InChI is InChI=1S/C18H19ClN4O/c19-16-5-3-14(4-6-16)17(23-8-10-24-11-9-23)13-22-18-15(12-20)2-1-7-21-18/h1-7,17H,8-11,13H2,(H,21,22). The molecule has 0 aliphatic carbocycles. The molecule has 5 nitrogen and oxygen atoms in total. The number of halogens is 1. The van der Waals surface area contributed by atoms with Crippen molar-refractivity contribution in [2.75, 3.05) is 38.2 Å². The third-order valence-corrected chi connectivity index (χ3v) is 4.38. The highest BCUT2D eigenvalue weighted by Crippen LogP contribution is 2.24. The monoisotopic (exact) mass is 342 g/mol. The summed E-state index contributed by atoms with van der Waals surface area (Å²) in [5.41, 5.74) is 1.73. The number of aromatic nitrogens is 1. The van der Waals surface area contributed by atoms with E-state index in [9.17, 15) is 5.26 Å². The van der Waals surface area contributed by atoms with Gasteiger partial charge in [0, 0.05) is 30.9 Å². The van der Waals surface area contributed by atoms with Crippen molar-refractivity contribution in [1.82, 2.24) is 9.88 Å². The number of benzene rings is 1. The van der Waals surface area contributed by atoms with E-state index in [0.717, 1.165) is 31.3 Å². The summed E-state index contributed by atoms with van der Waals surface area (Å²) in [7, 11) is 0. The van der Waals surface area contributed by atoms with Crippen molar-refractivity contribution < 1.29 is 4.74 Å². The molecular formula is C18H19ClN4O. The second-order valence-corrected chi connectivity index (χ2v) is 6.04. The van der Waals surface area contributed by atoms with Crippen LogP contribution in [0.4, 0.5) is 5.82 Å². The quantitative estimate of drug-likeness (QED) is 0.904. The third-order valence-electron chi connectivity index (χ3n) is 4.13. The third kappa shape index (κ3) is 4.04. The molecule has 1 saturated heterocycles. The highest BCUT2D eigenvalue weighted by molar-refractivity contribution is 6.30. The van der Waals surface area contributed by atoms with Crippen molar-refractivity contribution in [2.24, 2.45) is 0 Å². The number of rotatable bonds is 5. The molecule has 1 aliphatic rings. The molecular weight excluding hydrogens is 324 g/mol. The Kier molecular flexibility index (Phi) is 5.65. The van der Waals surface area contributed by atoms with Crippen molar-refractivity contribution in [3.05, 3.63) is 58.7 Å². The molecule has 0 bridgehead atoms. The number of nitrogens with zero attached hydrogens (tertiary/aromatic N) is 3. The lowest BCUT2D eigenvalue weighted by Crippen LogP contribution is -2.41. The van der Waals surface area contributed by atoms with Crippen LogP contribution in [-0.4, -0.2) is 42.7 Å². The average Bonchev–Trinajstić information content (AvgIpc) is 2.64. The summed E-state index contributed by atoms with van der Waals surface area (Å²) >= 11 is 6.02. The average molecular weight is 343 g/mol. The molecule has 0 spiro atoms. The van der Waals surface area contributed by atoms with Gasteiger partial charge >= 0.3 is 0 Å². The molecule has 6 heteroatoms. The van der Waals surface area contributed by atoms with E-state index in [4.69, 9.17) is 16.3 Å². The number of hydrogen-bond acceptors (Lipinski definition) is 5. The summed E-state index contributed by atoms with van der Waals surface area (Å²) in [6.07, 6.45) is 1.69. The van der Waals surface area contributed by atoms with Crippen LogP contribution in [0.2, 0.25) is 5.02 Å². The van der Waals surface area contributed by atoms with Crippen LogP contribution >= 0.6 is 11.6 Å². The number of nitrogens with one attached hydrogen (secondary N) is 1. The lowest BCUT2D eigenvalue weighted by molar-refractivity contribution is 0.0187. The van der Waals surface area contributed by atoms with E-state index in [1.807, 2.05) is 24.3 Å². The Morgan fingerprint density at radius 1 is 1.25 bits per heavy atom. The van der Waals surface area contributed by atoms with Crippen LogP contribution in [0.1, 0.15) is 17.2 Å². The summed E-state index contributed by atoms with van der Waals surface area (Å²) in [4.78, 5) is 6.66. The number of anilines is 1. The smallest absolute Gasteiger partial charge is 0.143 e. The highest BCUT2D eigenvalue weighted by atomic mass is 35.5. The van der Waals surface area contributed by atoms with Crippen LogP contribution in [-0.2, 0) is 4.74 Å². The second kappa shape index (κ2) is 8.11. The minimum atomic E-state index is 0.166. The topological polar surface area (TPSA) is 61.2 Å². The van der Waals surface area contributed by atoms with Crippen LogP contribution in [0.3, 0.4) is 0 Å². The highest BCUT2D eigenvalue weighted by Gasteiger charge is 2.23. The SMILES string of the molecule is N#Cc1cccnc1NCC(c1ccc(Cl)cc1)N1CCOCC1. The van der Waals surface area contributed by atoms with Crippen LogP contribution in [0.5, 0.6) is 0 Å². The molecule has 24 heavy (non-hydrogen) atoms. The second-order valence-electron chi connectivity index (χ2n) is 5.61. The van der Waals surface area contributed by atoms with Gasteiger partial charge in [-0.2, -0.15) is 5.26 Å². The van der Waals surface area contributed by atoms with E-state index in [1.54, 1.807) is 18.3 Å². The lowest BCUT2D eigenvalue weighted by Gasteiger charge is -2.35. The van der Waals surface area contributed by atoms with E-state index in [0.29, 0.717) is 17.9 Å². The Morgan fingerprint density at radius 3 is 2.71 bits per heavy atom. The zero-order valence-corrected chi connectivity index (χ0v) is 14.0. The largest absolute Gasteiger partial charge is 0.379 e.